The van der Waals surface area contributed by atoms with Crippen LogP contribution >= 0.6 is 0 Å². The molecule has 6 heteroatoms. The highest BCUT2D eigenvalue weighted by Gasteiger charge is 2.19. The van der Waals surface area contributed by atoms with E-state index in [0.29, 0.717) is 25.7 Å². The van der Waals surface area contributed by atoms with Crippen LogP contribution in [0.5, 0.6) is 0 Å². The predicted octanol–water partition coefficient (Wildman–Crippen LogP) is 21.8. The summed E-state index contributed by atoms with van der Waals surface area (Å²) in [6.45, 7) is 6.37. The molecule has 0 aromatic heterocycles. The molecule has 77 heavy (non-hydrogen) atoms. The molecule has 0 bridgehead atoms. The Kier molecular flexibility index (Phi) is 60.4. The number of ether oxygens (including phenoxy) is 3. The van der Waals surface area contributed by atoms with E-state index < -0.39 is 6.10 Å². The molecule has 0 aliphatic rings. The van der Waals surface area contributed by atoms with E-state index in [2.05, 4.69) is 154 Å². The number of carbonyl (C=O) groups is 3. The van der Waals surface area contributed by atoms with Gasteiger partial charge >= 0.3 is 17.9 Å². The van der Waals surface area contributed by atoms with Crippen molar-refractivity contribution in [3.63, 3.8) is 0 Å². The second-order valence-electron chi connectivity index (χ2n) is 20.5. The van der Waals surface area contributed by atoms with Gasteiger partial charge in [-0.15, -0.1) is 0 Å². The first kappa shape index (κ1) is 72.5. The lowest BCUT2D eigenvalue weighted by molar-refractivity contribution is -0.167. The molecule has 0 aliphatic carbocycles. The normalized spacial score (nSPS) is 13.0. The van der Waals surface area contributed by atoms with Crippen molar-refractivity contribution in [3.05, 3.63) is 134 Å². The van der Waals surface area contributed by atoms with Crippen LogP contribution in [-0.2, 0) is 28.6 Å². The predicted molar refractivity (Wildman–Crippen MR) is 334 cm³/mol. The lowest BCUT2D eigenvalue weighted by Crippen LogP contribution is -2.30. The summed E-state index contributed by atoms with van der Waals surface area (Å²) in [6, 6.07) is 0. The minimum atomic E-state index is -0.809. The van der Waals surface area contributed by atoms with Crippen molar-refractivity contribution in [1.29, 1.82) is 0 Å². The Balaban J connectivity index is 4.50. The van der Waals surface area contributed by atoms with Crippen LogP contribution in [0.2, 0.25) is 0 Å². The van der Waals surface area contributed by atoms with Gasteiger partial charge in [0.1, 0.15) is 13.2 Å². The van der Waals surface area contributed by atoms with E-state index in [4.69, 9.17) is 14.2 Å². The third kappa shape index (κ3) is 62.3. The largest absolute Gasteiger partial charge is 0.462 e. The second kappa shape index (κ2) is 64.1. The van der Waals surface area contributed by atoms with Gasteiger partial charge in [0.25, 0.3) is 0 Å². The van der Waals surface area contributed by atoms with Crippen LogP contribution in [-0.4, -0.2) is 37.2 Å². The van der Waals surface area contributed by atoms with Gasteiger partial charge in [-0.05, 0) is 135 Å². The molecule has 0 spiro atoms. The summed E-state index contributed by atoms with van der Waals surface area (Å²) in [4.78, 5) is 38.3. The molecule has 6 nitrogen and oxygen atoms in total. The highest BCUT2D eigenvalue weighted by atomic mass is 16.6. The molecule has 0 fully saturated rings. The maximum absolute atomic E-state index is 12.9. The Labute approximate surface area is 475 Å². The summed E-state index contributed by atoms with van der Waals surface area (Å²) in [5.74, 6) is -0.959. The lowest BCUT2D eigenvalue weighted by atomic mass is 10.1. The fourth-order valence-electron chi connectivity index (χ4n) is 8.43. The number of hydrogen-bond donors (Lipinski definition) is 0. The highest BCUT2D eigenvalue weighted by molar-refractivity contribution is 5.71. The summed E-state index contributed by atoms with van der Waals surface area (Å²) in [5.41, 5.74) is 0. The van der Waals surface area contributed by atoms with Gasteiger partial charge in [-0.25, -0.2) is 0 Å². The Hall–Kier alpha value is -4.45. The topological polar surface area (TPSA) is 78.9 Å². The summed E-state index contributed by atoms with van der Waals surface area (Å²) in [6.07, 6.45) is 90.2. The molecular formula is C71H116O6. The molecule has 1 unspecified atom stereocenters. The van der Waals surface area contributed by atoms with E-state index in [1.165, 1.54) is 109 Å². The molecule has 0 saturated carbocycles. The number of allylic oxidation sites excluding steroid dienone is 22. The van der Waals surface area contributed by atoms with E-state index >= 15 is 0 Å². The Bertz CT molecular complexity index is 1650. The first-order chi connectivity index (χ1) is 38.0. The number of esters is 3. The molecule has 0 saturated heterocycles. The van der Waals surface area contributed by atoms with Crippen molar-refractivity contribution in [2.24, 2.45) is 0 Å². The molecule has 0 rings (SSSR count). The van der Waals surface area contributed by atoms with Crippen LogP contribution in [0.1, 0.15) is 278 Å². The van der Waals surface area contributed by atoms with Crippen molar-refractivity contribution in [2.45, 2.75) is 284 Å². The smallest absolute Gasteiger partial charge is 0.306 e. The van der Waals surface area contributed by atoms with E-state index in [9.17, 15) is 14.4 Å². The summed E-state index contributed by atoms with van der Waals surface area (Å²) in [5, 5.41) is 0. The third-order valence-electron chi connectivity index (χ3n) is 13.1. The van der Waals surface area contributed by atoms with E-state index in [1.54, 1.807) is 0 Å². The zero-order valence-electron chi connectivity index (χ0n) is 49.9. The van der Waals surface area contributed by atoms with E-state index in [0.717, 1.165) is 122 Å². The molecule has 1 atom stereocenters. The SMILES string of the molecule is CC/C=C\C/C=C\C/C=C\C/C=C\C/C=C\C/C=C\CCCCC(=O)OCC(COC(=O)CCCCCCCCC/C=C\C/C=C\C/C=C\CC)OC(=O)CCCCCCCCCCC/C=C\C/C=C\CCCCCCC. The van der Waals surface area contributed by atoms with Crippen LogP contribution in [0.15, 0.2) is 134 Å². The van der Waals surface area contributed by atoms with Gasteiger partial charge in [-0.1, -0.05) is 257 Å². The molecule has 0 aliphatic heterocycles. The summed E-state index contributed by atoms with van der Waals surface area (Å²) < 4.78 is 16.9. The maximum Gasteiger partial charge on any atom is 0.306 e. The summed E-state index contributed by atoms with van der Waals surface area (Å²) >= 11 is 0. The molecule has 0 N–H and O–H groups in total. The van der Waals surface area contributed by atoms with Gasteiger partial charge < -0.3 is 14.2 Å². The number of unbranched alkanes of at least 4 members (excludes halogenated alkanes) is 23. The molecule has 436 valence electrons. The average molecular weight is 1070 g/mol. The van der Waals surface area contributed by atoms with Gasteiger partial charge in [0.15, 0.2) is 6.10 Å². The third-order valence-corrected chi connectivity index (χ3v) is 13.1. The van der Waals surface area contributed by atoms with E-state index in [-0.39, 0.29) is 31.1 Å². The van der Waals surface area contributed by atoms with Crippen LogP contribution in [0, 0.1) is 0 Å². The highest BCUT2D eigenvalue weighted by Crippen LogP contribution is 2.15. The number of hydrogen-bond acceptors (Lipinski definition) is 6. The zero-order valence-corrected chi connectivity index (χ0v) is 49.9. The van der Waals surface area contributed by atoms with Gasteiger partial charge in [-0.2, -0.15) is 0 Å². The molecule has 0 radical (unpaired) electrons. The lowest BCUT2D eigenvalue weighted by Gasteiger charge is -2.18. The fraction of sp³-hybridized carbons (Fsp3) is 0.648. The minimum absolute atomic E-state index is 0.103. The quantitative estimate of drug-likeness (QED) is 0.0261. The second-order valence-corrected chi connectivity index (χ2v) is 20.5. The fourth-order valence-corrected chi connectivity index (χ4v) is 8.43. The minimum Gasteiger partial charge on any atom is -0.462 e. The van der Waals surface area contributed by atoms with Crippen molar-refractivity contribution in [3.8, 4) is 0 Å². The molecule has 0 heterocycles. The van der Waals surface area contributed by atoms with Crippen molar-refractivity contribution in [1.82, 2.24) is 0 Å². The van der Waals surface area contributed by atoms with Crippen LogP contribution in [0.3, 0.4) is 0 Å². The first-order valence-corrected chi connectivity index (χ1v) is 31.7. The molecule has 0 amide bonds. The zero-order chi connectivity index (χ0) is 55.7. The van der Waals surface area contributed by atoms with Crippen LogP contribution < -0.4 is 0 Å². The molecular weight excluding hydrogens is 949 g/mol. The van der Waals surface area contributed by atoms with Crippen molar-refractivity contribution >= 4 is 17.9 Å². The average Bonchev–Trinajstić information content (AvgIpc) is 3.43. The number of rotatable bonds is 56. The van der Waals surface area contributed by atoms with Crippen LogP contribution in [0.25, 0.3) is 0 Å². The van der Waals surface area contributed by atoms with Gasteiger partial charge in [0, 0.05) is 19.3 Å². The number of carbonyl (C=O) groups excluding carboxylic acids is 3. The van der Waals surface area contributed by atoms with Crippen molar-refractivity contribution < 1.29 is 28.6 Å². The van der Waals surface area contributed by atoms with Gasteiger partial charge in [0.05, 0.1) is 0 Å². The van der Waals surface area contributed by atoms with Crippen LogP contribution in [0.4, 0.5) is 0 Å². The van der Waals surface area contributed by atoms with Crippen molar-refractivity contribution in [2.75, 3.05) is 13.2 Å². The van der Waals surface area contributed by atoms with E-state index in [1.807, 2.05) is 0 Å². The Morgan fingerprint density at radius 2 is 0.506 bits per heavy atom. The summed E-state index contributed by atoms with van der Waals surface area (Å²) in [7, 11) is 0. The van der Waals surface area contributed by atoms with Gasteiger partial charge in [0.2, 0.25) is 0 Å². The molecule has 0 aromatic rings. The maximum atomic E-state index is 12.9. The van der Waals surface area contributed by atoms with Gasteiger partial charge in [-0.3, -0.25) is 14.4 Å². The Morgan fingerprint density at radius 1 is 0.273 bits per heavy atom. The first-order valence-electron chi connectivity index (χ1n) is 31.7. The monoisotopic (exact) mass is 1060 g/mol. The molecule has 0 aromatic carbocycles. The Morgan fingerprint density at radius 3 is 0.818 bits per heavy atom. The standard InChI is InChI=1S/C71H116O6/c1-4-7-10-13-16-19-22-25-28-31-33-35-37-40-43-46-49-52-55-58-61-64-70(73)76-67-68(66-75-69(72)63-60-57-54-51-48-45-42-39-30-27-24-21-18-15-12-9-6-3)77-71(74)65-62-59-56-53-50-47-44-41-38-36-34-32-29-26-23-20-17-14-11-8-5-2/h7,9-10,12,16,18-19,21,23,25-28,30,32-35,40,43,49,52,68H,4-6,8,11,13-15,17,20,22,24,29,31,36-39,41-42,44-48,50-51,53-67H2,1-3H3/b10-7-,12-9-,19-16-,21-18-,26-23-,28-25-,30-27-,34-32-,35-33-,43-40-,52-49-.